The summed E-state index contributed by atoms with van der Waals surface area (Å²) in [6.45, 7) is 3.61. The van der Waals surface area contributed by atoms with Gasteiger partial charge in [0.1, 0.15) is 5.60 Å². The second kappa shape index (κ2) is 2.88. The molecule has 0 spiro atoms. The summed E-state index contributed by atoms with van der Waals surface area (Å²) in [5, 5.41) is 0. The van der Waals surface area contributed by atoms with Crippen LogP contribution in [0.3, 0.4) is 0 Å². The molecule has 0 aliphatic carbocycles. The van der Waals surface area contributed by atoms with E-state index in [9.17, 15) is 9.46 Å². The molecule has 0 saturated carbocycles. The lowest BCUT2D eigenvalue weighted by Gasteiger charge is -2.37. The molecule has 12 heavy (non-hydrogen) atoms. The SMILES string of the molecule is C#CC1(C)OP(=O)(O)CCC1C. The van der Waals surface area contributed by atoms with Gasteiger partial charge in [-0.2, -0.15) is 0 Å². The van der Waals surface area contributed by atoms with Crippen LogP contribution in [0, 0.1) is 18.3 Å². The first-order valence-corrected chi connectivity index (χ1v) is 5.66. The molecule has 0 amide bonds. The van der Waals surface area contributed by atoms with Gasteiger partial charge in [-0.05, 0) is 19.3 Å². The molecule has 1 aliphatic heterocycles. The van der Waals surface area contributed by atoms with Crippen LogP contribution in [-0.4, -0.2) is 16.7 Å². The second-order valence-corrected chi connectivity index (χ2v) is 5.30. The van der Waals surface area contributed by atoms with E-state index in [0.29, 0.717) is 6.42 Å². The van der Waals surface area contributed by atoms with Crippen LogP contribution in [0.4, 0.5) is 0 Å². The van der Waals surface area contributed by atoms with Crippen LogP contribution in [0.5, 0.6) is 0 Å². The molecule has 4 heteroatoms. The van der Waals surface area contributed by atoms with Crippen LogP contribution in [0.2, 0.25) is 0 Å². The fraction of sp³-hybridized carbons (Fsp3) is 0.750. The summed E-state index contributed by atoms with van der Waals surface area (Å²) < 4.78 is 16.2. The van der Waals surface area contributed by atoms with Crippen molar-refractivity contribution < 1.29 is 14.0 Å². The van der Waals surface area contributed by atoms with E-state index in [1.54, 1.807) is 6.92 Å². The van der Waals surface area contributed by atoms with E-state index in [4.69, 9.17) is 10.9 Å². The fourth-order valence-corrected chi connectivity index (χ4v) is 2.86. The summed E-state index contributed by atoms with van der Waals surface area (Å²) in [4.78, 5) is 9.20. The molecule has 0 bridgehead atoms. The van der Waals surface area contributed by atoms with Gasteiger partial charge in [-0.15, -0.1) is 6.42 Å². The average Bonchev–Trinajstić information content (AvgIpc) is 1.97. The predicted octanol–water partition coefficient (Wildman–Crippen LogP) is 1.62. The van der Waals surface area contributed by atoms with Gasteiger partial charge in [0.2, 0.25) is 0 Å². The molecular formula is C8H13O3P. The first kappa shape index (κ1) is 9.80. The van der Waals surface area contributed by atoms with Crippen LogP contribution in [0.25, 0.3) is 0 Å². The summed E-state index contributed by atoms with van der Waals surface area (Å²) in [5.74, 6) is 2.57. The number of hydrogen-bond donors (Lipinski definition) is 1. The monoisotopic (exact) mass is 188 g/mol. The quantitative estimate of drug-likeness (QED) is 0.464. The molecule has 3 unspecified atom stereocenters. The Morgan fingerprint density at radius 1 is 1.83 bits per heavy atom. The normalized spacial score (nSPS) is 48.3. The zero-order valence-corrected chi connectivity index (χ0v) is 8.17. The minimum atomic E-state index is -3.40. The van der Waals surface area contributed by atoms with Gasteiger partial charge in [-0.1, -0.05) is 12.8 Å². The van der Waals surface area contributed by atoms with Gasteiger partial charge >= 0.3 is 7.60 Å². The summed E-state index contributed by atoms with van der Waals surface area (Å²) in [5.41, 5.74) is -0.872. The van der Waals surface area contributed by atoms with E-state index >= 15 is 0 Å². The van der Waals surface area contributed by atoms with Crippen LogP contribution >= 0.6 is 7.60 Å². The lowest BCUT2D eigenvalue weighted by molar-refractivity contribution is 0.0571. The molecule has 1 heterocycles. The van der Waals surface area contributed by atoms with Gasteiger partial charge in [0, 0.05) is 0 Å². The minimum Gasteiger partial charge on any atom is -0.324 e. The number of terminal acetylenes is 1. The van der Waals surface area contributed by atoms with Crippen LogP contribution in [-0.2, 0) is 9.09 Å². The van der Waals surface area contributed by atoms with Gasteiger partial charge in [-0.25, -0.2) is 0 Å². The van der Waals surface area contributed by atoms with Crippen molar-refractivity contribution in [1.29, 1.82) is 0 Å². The molecular weight excluding hydrogens is 175 g/mol. The second-order valence-electron chi connectivity index (χ2n) is 3.39. The van der Waals surface area contributed by atoms with E-state index in [0.717, 1.165) is 0 Å². The Labute approximate surface area is 72.7 Å². The van der Waals surface area contributed by atoms with E-state index in [1.165, 1.54) is 0 Å². The van der Waals surface area contributed by atoms with E-state index < -0.39 is 13.2 Å². The van der Waals surface area contributed by atoms with Crippen molar-refractivity contribution in [2.75, 3.05) is 6.16 Å². The minimum absolute atomic E-state index is 0.136. The molecule has 1 aliphatic rings. The van der Waals surface area contributed by atoms with Crippen molar-refractivity contribution >= 4 is 7.60 Å². The highest BCUT2D eigenvalue weighted by Crippen LogP contribution is 2.53. The molecule has 3 nitrogen and oxygen atoms in total. The third kappa shape index (κ3) is 1.72. The maximum atomic E-state index is 11.2. The Balaban J connectivity index is 2.88. The molecule has 1 saturated heterocycles. The molecule has 3 atom stereocenters. The first-order valence-electron chi connectivity index (χ1n) is 3.90. The van der Waals surface area contributed by atoms with Crippen molar-refractivity contribution in [2.45, 2.75) is 25.9 Å². The number of rotatable bonds is 0. The Kier molecular flexibility index (Phi) is 2.35. The molecule has 1 N–H and O–H groups in total. The summed E-state index contributed by atoms with van der Waals surface area (Å²) in [6, 6.07) is 0. The molecule has 0 aromatic heterocycles. The highest BCUT2D eigenvalue weighted by Gasteiger charge is 2.42. The zero-order valence-electron chi connectivity index (χ0n) is 7.28. The summed E-state index contributed by atoms with van der Waals surface area (Å²) in [7, 11) is -3.40. The van der Waals surface area contributed by atoms with Gasteiger partial charge in [0.25, 0.3) is 0 Å². The van der Waals surface area contributed by atoms with E-state index in [1.807, 2.05) is 6.92 Å². The zero-order chi connectivity index (χ0) is 9.41. The van der Waals surface area contributed by atoms with E-state index in [2.05, 4.69) is 5.92 Å². The molecule has 0 radical (unpaired) electrons. The van der Waals surface area contributed by atoms with Crippen molar-refractivity contribution in [3.63, 3.8) is 0 Å². The van der Waals surface area contributed by atoms with Crippen molar-refractivity contribution in [3.8, 4) is 12.3 Å². The highest BCUT2D eigenvalue weighted by atomic mass is 31.2. The van der Waals surface area contributed by atoms with Gasteiger partial charge in [-0.3, -0.25) is 9.09 Å². The maximum absolute atomic E-state index is 11.2. The van der Waals surface area contributed by atoms with Crippen LogP contribution < -0.4 is 0 Å². The number of hydrogen-bond acceptors (Lipinski definition) is 2. The Morgan fingerprint density at radius 2 is 2.42 bits per heavy atom. The summed E-state index contributed by atoms with van der Waals surface area (Å²) >= 11 is 0. The van der Waals surface area contributed by atoms with Gasteiger partial charge in [0.15, 0.2) is 0 Å². The van der Waals surface area contributed by atoms with Gasteiger partial charge in [0.05, 0.1) is 6.16 Å². The third-order valence-electron chi connectivity index (χ3n) is 2.40. The average molecular weight is 188 g/mol. The highest BCUT2D eigenvalue weighted by molar-refractivity contribution is 7.52. The molecule has 68 valence electrons. The molecule has 0 aromatic carbocycles. The van der Waals surface area contributed by atoms with Crippen molar-refractivity contribution in [2.24, 2.45) is 5.92 Å². The van der Waals surface area contributed by atoms with Crippen molar-refractivity contribution in [3.05, 3.63) is 0 Å². The standard InChI is InChI=1S/C8H13O3P/c1-4-8(3)7(2)5-6-12(9,10)11-8/h1,7H,5-6H2,2-3H3,(H,9,10). The lowest BCUT2D eigenvalue weighted by Crippen LogP contribution is -2.37. The molecule has 1 fully saturated rings. The maximum Gasteiger partial charge on any atom is 0.329 e. The Morgan fingerprint density at radius 3 is 2.83 bits per heavy atom. The Hall–Kier alpha value is -0.290. The topological polar surface area (TPSA) is 46.5 Å². The predicted molar refractivity (Wildman–Crippen MR) is 46.8 cm³/mol. The summed E-state index contributed by atoms with van der Waals surface area (Å²) in [6.07, 6.45) is 6.10. The fourth-order valence-electron chi connectivity index (χ4n) is 1.23. The lowest BCUT2D eigenvalue weighted by atomic mass is 9.89. The van der Waals surface area contributed by atoms with Crippen LogP contribution in [0.1, 0.15) is 20.3 Å². The first-order chi connectivity index (χ1) is 5.40. The largest absolute Gasteiger partial charge is 0.329 e. The van der Waals surface area contributed by atoms with Gasteiger partial charge < -0.3 is 4.89 Å². The van der Waals surface area contributed by atoms with Crippen LogP contribution in [0.15, 0.2) is 0 Å². The van der Waals surface area contributed by atoms with Crippen molar-refractivity contribution in [1.82, 2.24) is 0 Å². The third-order valence-corrected chi connectivity index (χ3v) is 3.89. The van der Waals surface area contributed by atoms with E-state index in [-0.39, 0.29) is 12.1 Å². The Bertz CT molecular complexity index is 268. The molecule has 0 aromatic rings. The smallest absolute Gasteiger partial charge is 0.324 e. The molecule has 1 rings (SSSR count).